The van der Waals surface area contributed by atoms with E-state index >= 15 is 0 Å². The van der Waals surface area contributed by atoms with Crippen molar-refractivity contribution in [1.29, 1.82) is 0 Å². The molecule has 3 rings (SSSR count). The minimum Gasteiger partial charge on any atom is -0.484 e. The van der Waals surface area contributed by atoms with Crippen LogP contribution in [0, 0.1) is 0 Å². The van der Waals surface area contributed by atoms with Gasteiger partial charge in [-0.2, -0.15) is 0 Å². The Kier molecular flexibility index (Phi) is 5.46. The molecule has 0 aliphatic heterocycles. The van der Waals surface area contributed by atoms with Gasteiger partial charge in [-0.25, -0.2) is 8.42 Å². The molecule has 1 N–H and O–H groups in total. The van der Waals surface area contributed by atoms with Gasteiger partial charge in [0, 0.05) is 6.26 Å². The number of hydrogen-bond acceptors (Lipinski definition) is 4. The quantitative estimate of drug-likeness (QED) is 0.707. The van der Waals surface area contributed by atoms with Crippen molar-refractivity contribution in [2.24, 2.45) is 0 Å². The van der Waals surface area contributed by atoms with Gasteiger partial charge < -0.3 is 10.1 Å². The summed E-state index contributed by atoms with van der Waals surface area (Å²) in [6.45, 7) is 1.74. The van der Waals surface area contributed by atoms with Crippen LogP contribution in [0.25, 0.3) is 10.8 Å². The number of carbonyl (C=O) groups excluding carboxylic acids is 1. The maximum Gasteiger partial charge on any atom is 0.258 e. The smallest absolute Gasteiger partial charge is 0.258 e. The molecule has 27 heavy (non-hydrogen) atoms. The van der Waals surface area contributed by atoms with E-state index in [1.807, 2.05) is 49.4 Å². The topological polar surface area (TPSA) is 72.5 Å². The molecule has 0 spiro atoms. The van der Waals surface area contributed by atoms with Crippen molar-refractivity contribution in [3.8, 4) is 5.75 Å². The van der Waals surface area contributed by atoms with E-state index in [0.717, 1.165) is 22.6 Å². The number of nitrogens with one attached hydrogen (secondary N) is 1. The van der Waals surface area contributed by atoms with Gasteiger partial charge in [-0.1, -0.05) is 42.5 Å². The van der Waals surface area contributed by atoms with E-state index in [-0.39, 0.29) is 23.5 Å². The van der Waals surface area contributed by atoms with E-state index < -0.39 is 9.84 Å². The van der Waals surface area contributed by atoms with E-state index in [0.29, 0.717) is 5.75 Å². The van der Waals surface area contributed by atoms with Crippen molar-refractivity contribution in [3.05, 3.63) is 72.3 Å². The second-order valence-corrected chi connectivity index (χ2v) is 8.44. The minimum atomic E-state index is -3.23. The molecular formula is C21H21NO4S. The van der Waals surface area contributed by atoms with Gasteiger partial charge in [0.15, 0.2) is 16.4 Å². The highest BCUT2D eigenvalue weighted by Gasteiger charge is 2.12. The van der Waals surface area contributed by atoms with E-state index in [1.165, 1.54) is 0 Å². The van der Waals surface area contributed by atoms with Crippen LogP contribution in [0.4, 0.5) is 0 Å². The monoisotopic (exact) mass is 383 g/mol. The van der Waals surface area contributed by atoms with Crippen molar-refractivity contribution in [2.45, 2.75) is 17.9 Å². The largest absolute Gasteiger partial charge is 0.484 e. The van der Waals surface area contributed by atoms with Crippen molar-refractivity contribution >= 4 is 26.5 Å². The Morgan fingerprint density at radius 3 is 2.33 bits per heavy atom. The Hall–Kier alpha value is -2.86. The molecule has 5 nitrogen and oxygen atoms in total. The van der Waals surface area contributed by atoms with Gasteiger partial charge >= 0.3 is 0 Å². The molecule has 0 radical (unpaired) electrons. The summed E-state index contributed by atoms with van der Waals surface area (Å²) >= 11 is 0. The molecule has 0 aliphatic carbocycles. The molecule has 6 heteroatoms. The van der Waals surface area contributed by atoms with Gasteiger partial charge in [-0.05, 0) is 47.5 Å². The maximum atomic E-state index is 12.2. The Labute approximate surface area is 158 Å². The van der Waals surface area contributed by atoms with Crippen molar-refractivity contribution in [3.63, 3.8) is 0 Å². The van der Waals surface area contributed by atoms with Gasteiger partial charge in [0.2, 0.25) is 0 Å². The highest BCUT2D eigenvalue weighted by Crippen LogP contribution is 2.20. The fourth-order valence-corrected chi connectivity index (χ4v) is 3.41. The Balaban J connectivity index is 1.58. The number of rotatable bonds is 6. The Bertz CT molecular complexity index is 1060. The molecule has 0 saturated carbocycles. The molecule has 0 saturated heterocycles. The third-order valence-corrected chi connectivity index (χ3v) is 5.41. The molecule has 3 aromatic rings. The Morgan fingerprint density at radius 1 is 1.00 bits per heavy atom. The van der Waals surface area contributed by atoms with Crippen LogP contribution < -0.4 is 10.1 Å². The summed E-state index contributed by atoms with van der Waals surface area (Å²) in [6, 6.07) is 19.8. The van der Waals surface area contributed by atoms with Gasteiger partial charge in [0.05, 0.1) is 10.9 Å². The van der Waals surface area contributed by atoms with Crippen LogP contribution in [0.2, 0.25) is 0 Å². The van der Waals surface area contributed by atoms with Crippen LogP contribution in [0.15, 0.2) is 71.6 Å². The average molecular weight is 383 g/mol. The van der Waals surface area contributed by atoms with E-state index in [9.17, 15) is 13.2 Å². The summed E-state index contributed by atoms with van der Waals surface area (Å²) in [5.74, 6) is 0.386. The summed E-state index contributed by atoms with van der Waals surface area (Å²) in [5.41, 5.74) is 0.821. The average Bonchev–Trinajstić information content (AvgIpc) is 2.65. The predicted molar refractivity (Wildman–Crippen MR) is 106 cm³/mol. The van der Waals surface area contributed by atoms with E-state index in [4.69, 9.17) is 4.74 Å². The number of benzene rings is 3. The summed E-state index contributed by atoms with van der Waals surface area (Å²) < 4.78 is 28.6. The highest BCUT2D eigenvalue weighted by atomic mass is 32.2. The molecule has 0 heterocycles. The number of hydrogen-bond donors (Lipinski definition) is 1. The highest BCUT2D eigenvalue weighted by molar-refractivity contribution is 7.90. The lowest BCUT2D eigenvalue weighted by Gasteiger charge is -2.15. The van der Waals surface area contributed by atoms with Crippen molar-refractivity contribution in [2.75, 3.05) is 12.9 Å². The fourth-order valence-electron chi connectivity index (χ4n) is 2.78. The van der Waals surface area contributed by atoms with Crippen LogP contribution in [-0.2, 0) is 14.6 Å². The first-order valence-electron chi connectivity index (χ1n) is 8.54. The first-order chi connectivity index (χ1) is 12.8. The third-order valence-electron chi connectivity index (χ3n) is 4.28. The standard InChI is InChI=1S/C21H21NO4S/c1-15(16-8-11-20(12-9-16)27(2,24)25)22-21(23)14-26-19-10-7-17-5-3-4-6-18(17)13-19/h3-13,15H,14H2,1-2H3,(H,22,23)/t15-/m1/s1. The zero-order valence-electron chi connectivity index (χ0n) is 15.2. The van der Waals surface area contributed by atoms with E-state index in [1.54, 1.807) is 24.3 Å². The van der Waals surface area contributed by atoms with Gasteiger partial charge in [-0.15, -0.1) is 0 Å². The summed E-state index contributed by atoms with van der Waals surface area (Å²) in [6.07, 6.45) is 1.16. The number of amides is 1. The lowest BCUT2D eigenvalue weighted by atomic mass is 10.1. The van der Waals surface area contributed by atoms with Crippen LogP contribution >= 0.6 is 0 Å². The van der Waals surface area contributed by atoms with Gasteiger partial charge in [0.25, 0.3) is 5.91 Å². The van der Waals surface area contributed by atoms with Gasteiger partial charge in [-0.3, -0.25) is 4.79 Å². The van der Waals surface area contributed by atoms with Gasteiger partial charge in [0.1, 0.15) is 5.75 Å². The molecule has 0 bridgehead atoms. The lowest BCUT2D eigenvalue weighted by molar-refractivity contribution is -0.123. The molecule has 0 aromatic heterocycles. The molecule has 140 valence electrons. The minimum absolute atomic E-state index is 0.0932. The summed E-state index contributed by atoms with van der Waals surface area (Å²) in [5, 5.41) is 5.01. The fraction of sp³-hybridized carbons (Fsp3) is 0.190. The van der Waals surface area contributed by atoms with Crippen LogP contribution in [-0.4, -0.2) is 27.2 Å². The molecule has 3 aromatic carbocycles. The predicted octanol–water partition coefficient (Wildman–Crippen LogP) is 3.50. The maximum absolute atomic E-state index is 12.2. The number of sulfone groups is 1. The van der Waals surface area contributed by atoms with Crippen LogP contribution in [0.1, 0.15) is 18.5 Å². The molecular weight excluding hydrogens is 362 g/mol. The molecule has 1 amide bonds. The molecule has 1 atom stereocenters. The third kappa shape index (κ3) is 4.86. The number of ether oxygens (including phenoxy) is 1. The SMILES string of the molecule is C[C@@H](NC(=O)COc1ccc2ccccc2c1)c1ccc(S(C)(=O)=O)cc1. The number of fused-ring (bicyclic) bond motifs is 1. The zero-order chi connectivity index (χ0) is 19.4. The van der Waals surface area contributed by atoms with E-state index in [2.05, 4.69) is 5.32 Å². The van der Waals surface area contributed by atoms with Crippen molar-refractivity contribution < 1.29 is 17.9 Å². The first kappa shape index (κ1) is 18.9. The number of carbonyl (C=O) groups is 1. The molecule has 0 unspecified atom stereocenters. The summed E-state index contributed by atoms with van der Waals surface area (Å²) in [4.78, 5) is 12.4. The summed E-state index contributed by atoms with van der Waals surface area (Å²) in [7, 11) is -3.23. The van der Waals surface area contributed by atoms with Crippen molar-refractivity contribution in [1.82, 2.24) is 5.32 Å². The normalized spacial score (nSPS) is 12.5. The molecule has 0 fully saturated rings. The lowest BCUT2D eigenvalue weighted by Crippen LogP contribution is -2.31. The first-order valence-corrected chi connectivity index (χ1v) is 10.4. The second kappa shape index (κ2) is 7.80. The zero-order valence-corrected chi connectivity index (χ0v) is 16.0. The molecule has 0 aliphatic rings. The Morgan fingerprint density at radius 2 is 1.67 bits per heavy atom. The second-order valence-electron chi connectivity index (χ2n) is 6.43. The van der Waals surface area contributed by atoms with Crippen LogP contribution in [0.5, 0.6) is 5.75 Å². The van der Waals surface area contributed by atoms with Crippen LogP contribution in [0.3, 0.4) is 0 Å².